The van der Waals surface area contributed by atoms with Gasteiger partial charge in [-0.2, -0.15) is 11.8 Å². The Kier molecular flexibility index (Phi) is 5.95. The monoisotopic (exact) mass is 275 g/mol. The van der Waals surface area contributed by atoms with Gasteiger partial charge in [0.25, 0.3) is 0 Å². The SMILES string of the molecule is CSC(CO)C(C)NC(=O)[C@@H]1CCC[C@@H]1C(=O)O. The largest absolute Gasteiger partial charge is 0.481 e. The predicted molar refractivity (Wildman–Crippen MR) is 70.5 cm³/mol. The first-order chi connectivity index (χ1) is 8.51. The van der Waals surface area contributed by atoms with Crippen molar-refractivity contribution >= 4 is 23.6 Å². The number of carboxylic acids is 1. The van der Waals surface area contributed by atoms with Gasteiger partial charge in [0.1, 0.15) is 0 Å². The Morgan fingerprint density at radius 1 is 1.39 bits per heavy atom. The zero-order valence-corrected chi connectivity index (χ0v) is 11.6. The third kappa shape index (κ3) is 3.62. The molecule has 18 heavy (non-hydrogen) atoms. The lowest BCUT2D eigenvalue weighted by molar-refractivity contribution is -0.146. The van der Waals surface area contributed by atoms with Gasteiger partial charge in [-0.3, -0.25) is 9.59 Å². The molecule has 1 aliphatic carbocycles. The number of aliphatic hydroxyl groups is 1. The molecular weight excluding hydrogens is 254 g/mol. The molecule has 3 N–H and O–H groups in total. The molecule has 0 aliphatic heterocycles. The second kappa shape index (κ2) is 6.99. The van der Waals surface area contributed by atoms with Crippen LogP contribution in [0.15, 0.2) is 0 Å². The van der Waals surface area contributed by atoms with Crippen LogP contribution in [0.3, 0.4) is 0 Å². The van der Waals surface area contributed by atoms with Gasteiger partial charge in [0.15, 0.2) is 0 Å². The highest BCUT2D eigenvalue weighted by Gasteiger charge is 2.38. The number of aliphatic hydroxyl groups excluding tert-OH is 1. The van der Waals surface area contributed by atoms with Gasteiger partial charge in [-0.1, -0.05) is 6.42 Å². The summed E-state index contributed by atoms with van der Waals surface area (Å²) < 4.78 is 0. The van der Waals surface area contributed by atoms with Crippen molar-refractivity contribution in [2.75, 3.05) is 12.9 Å². The molecule has 0 aromatic heterocycles. The Hall–Kier alpha value is -0.750. The molecule has 6 heteroatoms. The fraction of sp³-hybridized carbons (Fsp3) is 0.833. The van der Waals surface area contributed by atoms with E-state index in [1.165, 1.54) is 11.8 Å². The minimum atomic E-state index is -0.885. The highest BCUT2D eigenvalue weighted by molar-refractivity contribution is 7.99. The van der Waals surface area contributed by atoms with Crippen LogP contribution in [0.4, 0.5) is 0 Å². The molecule has 104 valence electrons. The number of carbonyl (C=O) groups excluding carboxylic acids is 1. The third-order valence-corrected chi connectivity index (χ3v) is 4.74. The van der Waals surface area contributed by atoms with Crippen LogP contribution in [0.1, 0.15) is 26.2 Å². The summed E-state index contributed by atoms with van der Waals surface area (Å²) in [6, 6.07) is -0.160. The Balaban J connectivity index is 2.57. The van der Waals surface area contributed by atoms with Crippen molar-refractivity contribution in [2.24, 2.45) is 11.8 Å². The Labute approximate surface area is 111 Å². The molecule has 0 spiro atoms. The molecule has 1 aliphatic rings. The van der Waals surface area contributed by atoms with E-state index in [-0.39, 0.29) is 23.8 Å². The van der Waals surface area contributed by atoms with Crippen LogP contribution in [-0.2, 0) is 9.59 Å². The first kappa shape index (κ1) is 15.3. The molecule has 0 aromatic rings. The minimum absolute atomic E-state index is 0.00433. The van der Waals surface area contributed by atoms with Gasteiger partial charge >= 0.3 is 5.97 Å². The number of nitrogens with one attached hydrogen (secondary N) is 1. The van der Waals surface area contributed by atoms with Gasteiger partial charge in [-0.05, 0) is 26.0 Å². The lowest BCUT2D eigenvalue weighted by atomic mass is 9.95. The Morgan fingerprint density at radius 2 is 2.00 bits per heavy atom. The zero-order chi connectivity index (χ0) is 13.7. The van der Waals surface area contributed by atoms with Gasteiger partial charge in [-0.15, -0.1) is 0 Å². The van der Waals surface area contributed by atoms with Crippen molar-refractivity contribution in [3.8, 4) is 0 Å². The average molecular weight is 275 g/mol. The van der Waals surface area contributed by atoms with Gasteiger partial charge in [0.2, 0.25) is 5.91 Å². The second-order valence-electron chi connectivity index (χ2n) is 4.74. The first-order valence-electron chi connectivity index (χ1n) is 6.18. The van der Waals surface area contributed by atoms with Crippen LogP contribution in [0, 0.1) is 11.8 Å². The normalized spacial score (nSPS) is 26.6. The van der Waals surface area contributed by atoms with Crippen LogP contribution in [0.5, 0.6) is 0 Å². The fourth-order valence-corrected chi connectivity index (χ4v) is 3.06. The lowest BCUT2D eigenvalue weighted by Gasteiger charge is -2.24. The quantitative estimate of drug-likeness (QED) is 0.665. The standard InChI is InChI=1S/C12H21NO4S/c1-7(10(6-14)18-2)13-11(15)8-4-3-5-9(8)12(16)17/h7-10,14H,3-6H2,1-2H3,(H,13,15)(H,16,17)/t7?,8-,9+,10?/m1/s1. The number of amides is 1. The number of thioether (sulfide) groups is 1. The van der Waals surface area contributed by atoms with E-state index in [1.807, 2.05) is 13.2 Å². The van der Waals surface area contributed by atoms with Crippen LogP contribution in [-0.4, -0.2) is 46.2 Å². The van der Waals surface area contributed by atoms with Crippen molar-refractivity contribution < 1.29 is 19.8 Å². The summed E-state index contributed by atoms with van der Waals surface area (Å²) in [6.07, 6.45) is 3.88. The number of carbonyl (C=O) groups is 2. The van der Waals surface area contributed by atoms with Crippen molar-refractivity contribution in [1.82, 2.24) is 5.32 Å². The summed E-state index contributed by atoms with van der Waals surface area (Å²) >= 11 is 1.49. The van der Waals surface area contributed by atoms with E-state index >= 15 is 0 Å². The molecule has 2 unspecified atom stereocenters. The van der Waals surface area contributed by atoms with Crippen molar-refractivity contribution in [2.45, 2.75) is 37.5 Å². The number of hydrogen-bond acceptors (Lipinski definition) is 4. The molecule has 0 aromatic carbocycles. The van der Waals surface area contributed by atoms with Crippen LogP contribution in [0.2, 0.25) is 0 Å². The van der Waals surface area contributed by atoms with Gasteiger partial charge in [0, 0.05) is 11.3 Å². The van der Waals surface area contributed by atoms with Crippen LogP contribution < -0.4 is 5.32 Å². The van der Waals surface area contributed by atoms with Gasteiger partial charge in [-0.25, -0.2) is 0 Å². The molecule has 1 amide bonds. The molecular formula is C12H21NO4S. The summed E-state index contributed by atoms with van der Waals surface area (Å²) in [4.78, 5) is 23.1. The summed E-state index contributed by atoms with van der Waals surface area (Å²) in [7, 11) is 0. The van der Waals surface area contributed by atoms with E-state index in [2.05, 4.69) is 5.32 Å². The molecule has 0 radical (unpaired) electrons. The number of hydrogen-bond donors (Lipinski definition) is 3. The topological polar surface area (TPSA) is 86.6 Å². The maximum Gasteiger partial charge on any atom is 0.307 e. The molecule has 0 heterocycles. The smallest absolute Gasteiger partial charge is 0.307 e. The Bertz CT molecular complexity index is 306. The maximum absolute atomic E-state index is 12.0. The highest BCUT2D eigenvalue weighted by Crippen LogP contribution is 2.32. The van der Waals surface area contributed by atoms with E-state index in [1.54, 1.807) is 0 Å². The number of carboxylic acid groups (broad SMARTS) is 1. The van der Waals surface area contributed by atoms with Gasteiger partial charge < -0.3 is 15.5 Å². The molecule has 1 rings (SSSR count). The molecule has 1 saturated carbocycles. The number of rotatable bonds is 6. The van der Waals surface area contributed by atoms with Crippen molar-refractivity contribution in [3.05, 3.63) is 0 Å². The molecule has 0 bridgehead atoms. The van der Waals surface area contributed by atoms with Gasteiger partial charge in [0.05, 0.1) is 18.4 Å². The van der Waals surface area contributed by atoms with Crippen LogP contribution >= 0.6 is 11.8 Å². The van der Waals surface area contributed by atoms with E-state index in [0.29, 0.717) is 12.8 Å². The van der Waals surface area contributed by atoms with E-state index in [4.69, 9.17) is 10.2 Å². The van der Waals surface area contributed by atoms with Crippen molar-refractivity contribution in [3.63, 3.8) is 0 Å². The van der Waals surface area contributed by atoms with E-state index < -0.39 is 17.8 Å². The van der Waals surface area contributed by atoms with Crippen LogP contribution in [0.25, 0.3) is 0 Å². The second-order valence-corrected chi connectivity index (χ2v) is 5.81. The summed E-state index contributed by atoms with van der Waals surface area (Å²) in [5.74, 6) is -2.06. The van der Waals surface area contributed by atoms with E-state index in [0.717, 1.165) is 6.42 Å². The average Bonchev–Trinajstić information content (AvgIpc) is 2.79. The summed E-state index contributed by atoms with van der Waals surface area (Å²) in [5.41, 5.74) is 0. The fourth-order valence-electron chi connectivity index (χ4n) is 2.43. The summed E-state index contributed by atoms with van der Waals surface area (Å²) in [6.45, 7) is 1.83. The summed E-state index contributed by atoms with van der Waals surface area (Å²) in [5, 5.41) is 21.0. The third-order valence-electron chi connectivity index (χ3n) is 3.58. The minimum Gasteiger partial charge on any atom is -0.481 e. The highest BCUT2D eigenvalue weighted by atomic mass is 32.2. The molecule has 1 fully saturated rings. The lowest BCUT2D eigenvalue weighted by Crippen LogP contribution is -2.45. The molecule has 5 nitrogen and oxygen atoms in total. The molecule has 0 saturated heterocycles. The zero-order valence-electron chi connectivity index (χ0n) is 10.8. The predicted octanol–water partition coefficient (Wildman–Crippen LogP) is 0.716. The van der Waals surface area contributed by atoms with Crippen molar-refractivity contribution in [1.29, 1.82) is 0 Å². The maximum atomic E-state index is 12.0. The van der Waals surface area contributed by atoms with E-state index in [9.17, 15) is 9.59 Å². The first-order valence-corrected chi connectivity index (χ1v) is 7.46. The molecule has 4 atom stereocenters. The number of aliphatic carboxylic acids is 1. The Morgan fingerprint density at radius 3 is 2.50 bits per heavy atom.